The van der Waals surface area contributed by atoms with Crippen molar-refractivity contribution < 1.29 is 14.3 Å². The SMILES string of the molecule is CCc1nn2c(C)cc(N3CCN(CC(=O)N4CC(O)C4)CC3C)nc2c1N(C)c1nc(-c2ccc(F)cc2)c(C#N)s1. The van der Waals surface area contributed by atoms with Gasteiger partial charge in [-0.3, -0.25) is 9.69 Å². The van der Waals surface area contributed by atoms with Crippen LogP contribution in [0.15, 0.2) is 30.3 Å². The fourth-order valence-electron chi connectivity index (χ4n) is 5.80. The second-order valence-electron chi connectivity index (χ2n) is 11.2. The lowest BCUT2D eigenvalue weighted by Crippen LogP contribution is -2.58. The number of nitriles is 1. The molecule has 5 heterocycles. The molecule has 2 aliphatic heterocycles. The molecule has 4 aromatic rings. The summed E-state index contributed by atoms with van der Waals surface area (Å²) in [4.78, 5) is 31.0. The summed E-state index contributed by atoms with van der Waals surface area (Å²) in [7, 11) is 1.91. The van der Waals surface area contributed by atoms with E-state index in [4.69, 9.17) is 15.1 Å². The molecule has 6 rings (SSSR count). The van der Waals surface area contributed by atoms with Gasteiger partial charge in [-0.15, -0.1) is 0 Å². The molecular weight excluding hydrogens is 569 g/mol. The zero-order chi connectivity index (χ0) is 30.4. The Morgan fingerprint density at radius 1 is 1.21 bits per heavy atom. The van der Waals surface area contributed by atoms with Crippen LogP contribution in [0.2, 0.25) is 0 Å². The summed E-state index contributed by atoms with van der Waals surface area (Å²) in [6, 6.07) is 10.4. The number of nitrogens with zero attached hydrogens (tertiary/aromatic N) is 9. The lowest BCUT2D eigenvalue weighted by Gasteiger charge is -2.42. The van der Waals surface area contributed by atoms with E-state index in [1.54, 1.807) is 17.0 Å². The number of likely N-dealkylation sites (tertiary alicyclic amines) is 1. The molecule has 1 amide bonds. The van der Waals surface area contributed by atoms with E-state index >= 15 is 0 Å². The Morgan fingerprint density at radius 3 is 2.60 bits per heavy atom. The zero-order valence-electron chi connectivity index (χ0n) is 24.7. The van der Waals surface area contributed by atoms with Gasteiger partial charge < -0.3 is 19.8 Å². The van der Waals surface area contributed by atoms with Crippen molar-refractivity contribution in [2.75, 3.05) is 56.1 Å². The van der Waals surface area contributed by atoms with Crippen LogP contribution in [0.5, 0.6) is 0 Å². The maximum Gasteiger partial charge on any atom is 0.236 e. The molecule has 1 atom stereocenters. The molecule has 0 aliphatic carbocycles. The van der Waals surface area contributed by atoms with Gasteiger partial charge in [0.1, 0.15) is 34.0 Å². The number of piperazine rings is 1. The van der Waals surface area contributed by atoms with Crippen LogP contribution in [-0.4, -0.2) is 98.9 Å². The van der Waals surface area contributed by atoms with Gasteiger partial charge >= 0.3 is 0 Å². The number of carbonyl (C=O) groups excluding carboxylic acids is 1. The lowest BCUT2D eigenvalue weighted by atomic mass is 10.1. The number of hydrogen-bond donors (Lipinski definition) is 1. The third kappa shape index (κ3) is 5.42. The largest absolute Gasteiger partial charge is 0.389 e. The summed E-state index contributed by atoms with van der Waals surface area (Å²) < 4.78 is 15.4. The van der Waals surface area contributed by atoms with Crippen molar-refractivity contribution in [1.82, 2.24) is 29.4 Å². The minimum Gasteiger partial charge on any atom is -0.389 e. The summed E-state index contributed by atoms with van der Waals surface area (Å²) in [5.74, 6) is 0.558. The van der Waals surface area contributed by atoms with Crippen molar-refractivity contribution in [3.8, 4) is 17.3 Å². The van der Waals surface area contributed by atoms with Crippen LogP contribution in [0.4, 0.5) is 21.0 Å². The van der Waals surface area contributed by atoms with Gasteiger partial charge in [-0.25, -0.2) is 18.9 Å². The van der Waals surface area contributed by atoms with Crippen molar-refractivity contribution in [3.05, 3.63) is 52.4 Å². The quantitative estimate of drug-likeness (QED) is 0.340. The van der Waals surface area contributed by atoms with Gasteiger partial charge in [0.15, 0.2) is 10.8 Å². The van der Waals surface area contributed by atoms with E-state index in [1.165, 1.54) is 23.5 Å². The molecular formula is C30H34FN9O2S. The number of thiazole rings is 1. The van der Waals surface area contributed by atoms with E-state index in [-0.39, 0.29) is 17.8 Å². The highest BCUT2D eigenvalue weighted by atomic mass is 32.1. The number of aryl methyl sites for hydroxylation is 2. The van der Waals surface area contributed by atoms with Gasteiger partial charge in [0.2, 0.25) is 5.91 Å². The number of benzene rings is 1. The monoisotopic (exact) mass is 603 g/mol. The maximum absolute atomic E-state index is 13.5. The molecule has 11 nitrogen and oxygen atoms in total. The number of anilines is 3. The summed E-state index contributed by atoms with van der Waals surface area (Å²) in [6.07, 6.45) is 0.279. The van der Waals surface area contributed by atoms with Crippen molar-refractivity contribution in [3.63, 3.8) is 0 Å². The number of aromatic nitrogens is 4. The summed E-state index contributed by atoms with van der Waals surface area (Å²) in [5.41, 5.74) is 4.53. The smallest absolute Gasteiger partial charge is 0.236 e. The number of rotatable bonds is 7. The predicted octanol–water partition coefficient (Wildman–Crippen LogP) is 3.22. The second-order valence-corrected chi connectivity index (χ2v) is 12.2. The summed E-state index contributed by atoms with van der Waals surface area (Å²) >= 11 is 1.28. The average molecular weight is 604 g/mol. The molecule has 2 saturated heterocycles. The molecule has 1 N–H and O–H groups in total. The van der Waals surface area contributed by atoms with E-state index < -0.39 is 6.10 Å². The Bertz CT molecular complexity index is 1710. The third-order valence-electron chi connectivity index (χ3n) is 8.17. The number of carbonyl (C=O) groups is 1. The lowest BCUT2D eigenvalue weighted by molar-refractivity contribution is -0.142. The molecule has 1 aromatic carbocycles. The molecule has 2 aliphatic rings. The van der Waals surface area contributed by atoms with Crippen molar-refractivity contribution in [2.45, 2.75) is 39.3 Å². The molecule has 0 saturated carbocycles. The minimum absolute atomic E-state index is 0.0599. The topological polar surface area (TPSA) is 117 Å². The maximum atomic E-state index is 13.5. The van der Waals surface area contributed by atoms with Crippen molar-refractivity contribution >= 4 is 39.5 Å². The summed E-state index contributed by atoms with van der Waals surface area (Å²) in [6.45, 7) is 9.57. The van der Waals surface area contributed by atoms with Crippen LogP contribution in [0.3, 0.4) is 0 Å². The zero-order valence-corrected chi connectivity index (χ0v) is 25.5. The number of hydrogen-bond acceptors (Lipinski definition) is 10. The van der Waals surface area contributed by atoms with E-state index in [2.05, 4.69) is 22.8 Å². The number of β-amino-alcohol motifs (C(OH)–C–C–N with tert-alkyl or cyclic N) is 1. The first kappa shape index (κ1) is 29.0. The molecule has 0 radical (unpaired) electrons. The number of amides is 1. The second kappa shape index (κ2) is 11.5. The molecule has 13 heteroatoms. The molecule has 2 fully saturated rings. The fraction of sp³-hybridized carbons (Fsp3) is 0.433. The molecule has 0 bridgehead atoms. The molecule has 1 unspecified atom stereocenters. The van der Waals surface area contributed by atoms with Crippen LogP contribution in [0.1, 0.15) is 30.1 Å². The first-order valence-electron chi connectivity index (χ1n) is 14.4. The highest BCUT2D eigenvalue weighted by Gasteiger charge is 2.32. The summed E-state index contributed by atoms with van der Waals surface area (Å²) in [5, 5.41) is 24.9. The fourth-order valence-corrected chi connectivity index (χ4v) is 6.66. The third-order valence-corrected chi connectivity index (χ3v) is 9.21. The van der Waals surface area contributed by atoms with Crippen LogP contribution < -0.4 is 9.80 Å². The van der Waals surface area contributed by atoms with Crippen LogP contribution in [0, 0.1) is 24.1 Å². The average Bonchev–Trinajstić information content (AvgIpc) is 3.58. The Hall–Kier alpha value is -4.12. The Kier molecular flexibility index (Phi) is 7.76. The van der Waals surface area contributed by atoms with Crippen molar-refractivity contribution in [1.29, 1.82) is 5.26 Å². The van der Waals surface area contributed by atoms with Gasteiger partial charge in [0.25, 0.3) is 0 Å². The van der Waals surface area contributed by atoms with E-state index in [9.17, 15) is 19.6 Å². The molecule has 3 aromatic heterocycles. The molecule has 0 spiro atoms. The standard InChI is InChI=1S/C30H34FN9O2S/c1-5-23-28(36(4)30-34-27(24(13-32)43-30)20-6-8-21(31)9-7-20)29-33-25(12-18(2)40(29)35-23)39-11-10-37(14-19(39)3)17-26(42)38-15-22(41)16-38/h6-9,12,19,22,41H,5,10-11,14-17H2,1-4H3. The normalized spacial score (nSPS) is 17.7. The highest BCUT2D eigenvalue weighted by Crippen LogP contribution is 2.38. The minimum atomic E-state index is -0.398. The van der Waals surface area contributed by atoms with Gasteiger partial charge in [-0.05, 0) is 44.5 Å². The van der Waals surface area contributed by atoms with Crippen molar-refractivity contribution in [2.24, 2.45) is 0 Å². The van der Waals surface area contributed by atoms with Gasteiger partial charge in [-0.2, -0.15) is 10.4 Å². The van der Waals surface area contributed by atoms with Crippen LogP contribution in [0.25, 0.3) is 16.9 Å². The number of aliphatic hydroxyl groups is 1. The van der Waals surface area contributed by atoms with E-state index in [1.807, 2.05) is 36.4 Å². The van der Waals surface area contributed by atoms with Gasteiger partial charge in [0, 0.05) is 63.1 Å². The van der Waals surface area contributed by atoms with E-state index in [0.29, 0.717) is 53.0 Å². The Labute approximate surface area is 253 Å². The highest BCUT2D eigenvalue weighted by molar-refractivity contribution is 7.16. The van der Waals surface area contributed by atoms with Crippen LogP contribution in [-0.2, 0) is 11.2 Å². The van der Waals surface area contributed by atoms with Crippen LogP contribution >= 0.6 is 11.3 Å². The number of halogens is 1. The Balaban J connectivity index is 1.29. The predicted molar refractivity (Wildman–Crippen MR) is 163 cm³/mol. The van der Waals surface area contributed by atoms with Gasteiger partial charge in [-0.1, -0.05) is 18.3 Å². The Morgan fingerprint density at radius 2 is 1.95 bits per heavy atom. The van der Waals surface area contributed by atoms with Gasteiger partial charge in [0.05, 0.1) is 18.3 Å². The van der Waals surface area contributed by atoms with E-state index in [0.717, 1.165) is 42.5 Å². The molecule has 43 heavy (non-hydrogen) atoms. The first-order valence-corrected chi connectivity index (χ1v) is 15.2. The number of aliphatic hydroxyl groups excluding tert-OH is 1. The molecule has 224 valence electrons. The first-order chi connectivity index (χ1) is 20.7. The number of fused-ring (bicyclic) bond motifs is 1.